The van der Waals surface area contributed by atoms with Gasteiger partial charge in [-0.15, -0.1) is 0 Å². The molecule has 1 saturated carbocycles. The maximum absolute atomic E-state index is 12.3. The summed E-state index contributed by atoms with van der Waals surface area (Å²) in [6.07, 6.45) is 4.45. The minimum absolute atomic E-state index is 0.0186. The molecule has 2 rings (SSSR count). The van der Waals surface area contributed by atoms with Gasteiger partial charge >= 0.3 is 0 Å². The third kappa shape index (κ3) is 3.97. The first-order chi connectivity index (χ1) is 10.2. The van der Waals surface area contributed by atoms with Crippen LogP contribution in [0, 0.1) is 5.92 Å². The van der Waals surface area contributed by atoms with Crippen molar-refractivity contribution in [3.05, 3.63) is 29.8 Å². The van der Waals surface area contributed by atoms with E-state index >= 15 is 0 Å². The molecule has 116 valence electrons. The van der Waals surface area contributed by atoms with Crippen molar-refractivity contribution in [2.75, 3.05) is 25.0 Å². The highest BCUT2D eigenvalue weighted by atomic mass is 16.1. The van der Waals surface area contributed by atoms with E-state index in [1.807, 2.05) is 24.3 Å². The van der Waals surface area contributed by atoms with Crippen LogP contribution in [0.15, 0.2) is 24.3 Å². The number of carbonyl (C=O) groups is 1. The lowest BCUT2D eigenvalue weighted by Gasteiger charge is -2.20. The fourth-order valence-electron chi connectivity index (χ4n) is 3.09. The summed E-state index contributed by atoms with van der Waals surface area (Å²) in [5.74, 6) is 0.453. The van der Waals surface area contributed by atoms with Gasteiger partial charge in [-0.25, -0.2) is 0 Å². The Hall–Kier alpha value is -1.55. The quantitative estimate of drug-likeness (QED) is 0.845. The number of hydrogen-bond donors (Lipinski definition) is 2. The topological polar surface area (TPSA) is 58.4 Å². The molecule has 1 aliphatic carbocycles. The van der Waals surface area contributed by atoms with E-state index in [1.54, 1.807) is 0 Å². The number of rotatable bonds is 6. The molecule has 1 aliphatic rings. The van der Waals surface area contributed by atoms with Gasteiger partial charge in [-0.05, 0) is 56.0 Å². The average Bonchev–Trinajstić information content (AvgIpc) is 2.94. The lowest BCUT2D eigenvalue weighted by Crippen LogP contribution is -2.39. The van der Waals surface area contributed by atoms with Crippen LogP contribution < -0.4 is 16.0 Å². The van der Waals surface area contributed by atoms with Gasteiger partial charge in [0.25, 0.3) is 5.91 Å². The maximum Gasteiger partial charge on any atom is 0.251 e. The molecule has 0 aliphatic heterocycles. The highest BCUT2D eigenvalue weighted by molar-refractivity contribution is 5.94. The predicted molar refractivity (Wildman–Crippen MR) is 87.7 cm³/mol. The predicted octanol–water partition coefficient (Wildman–Crippen LogP) is 2.39. The molecular weight excluding hydrogens is 262 g/mol. The Balaban J connectivity index is 1.96. The number of anilines is 1. The molecule has 3 N–H and O–H groups in total. The summed E-state index contributed by atoms with van der Waals surface area (Å²) in [5, 5.41) is 3.14. The molecule has 0 saturated heterocycles. The summed E-state index contributed by atoms with van der Waals surface area (Å²) in [7, 11) is 2.07. The molecule has 0 aromatic heterocycles. The fraction of sp³-hybridized carbons (Fsp3) is 0.588. The molecule has 2 atom stereocenters. The summed E-state index contributed by atoms with van der Waals surface area (Å²) in [4.78, 5) is 14.5. The summed E-state index contributed by atoms with van der Waals surface area (Å²) in [5.41, 5.74) is 7.64. The van der Waals surface area contributed by atoms with E-state index in [0.29, 0.717) is 12.5 Å². The van der Waals surface area contributed by atoms with Crippen LogP contribution in [0.1, 0.15) is 43.0 Å². The van der Waals surface area contributed by atoms with Gasteiger partial charge in [-0.1, -0.05) is 13.3 Å². The van der Waals surface area contributed by atoms with Crippen LogP contribution >= 0.6 is 0 Å². The standard InChI is InChI=1S/C17H27N3O/c1-3-11-20(2)15-9-7-13(8-10-15)17(21)19-16-6-4-5-14(16)12-18/h7-10,14,16H,3-6,11-12,18H2,1-2H3,(H,19,21). The lowest BCUT2D eigenvalue weighted by molar-refractivity contribution is 0.0929. The van der Waals surface area contributed by atoms with E-state index in [1.165, 1.54) is 0 Å². The van der Waals surface area contributed by atoms with Crippen LogP contribution in [-0.2, 0) is 0 Å². The minimum Gasteiger partial charge on any atom is -0.375 e. The first-order valence-electron chi connectivity index (χ1n) is 7.97. The largest absolute Gasteiger partial charge is 0.375 e. The molecule has 0 heterocycles. The second kappa shape index (κ2) is 7.46. The highest BCUT2D eigenvalue weighted by Gasteiger charge is 2.27. The van der Waals surface area contributed by atoms with E-state index < -0.39 is 0 Å². The van der Waals surface area contributed by atoms with E-state index in [4.69, 9.17) is 5.73 Å². The van der Waals surface area contributed by atoms with Crippen LogP contribution in [0.2, 0.25) is 0 Å². The zero-order chi connectivity index (χ0) is 15.2. The molecule has 0 spiro atoms. The van der Waals surface area contributed by atoms with Gasteiger partial charge in [0, 0.05) is 30.9 Å². The zero-order valence-corrected chi connectivity index (χ0v) is 13.1. The van der Waals surface area contributed by atoms with Crippen LogP contribution in [0.4, 0.5) is 5.69 Å². The SMILES string of the molecule is CCCN(C)c1ccc(C(=O)NC2CCCC2CN)cc1. The second-order valence-corrected chi connectivity index (χ2v) is 5.98. The second-order valence-electron chi connectivity index (χ2n) is 5.98. The van der Waals surface area contributed by atoms with Gasteiger partial charge < -0.3 is 16.0 Å². The van der Waals surface area contributed by atoms with Gasteiger partial charge in [0.2, 0.25) is 0 Å². The first-order valence-corrected chi connectivity index (χ1v) is 7.97. The van der Waals surface area contributed by atoms with Gasteiger partial charge in [-0.2, -0.15) is 0 Å². The Labute approximate surface area is 127 Å². The molecule has 1 amide bonds. The van der Waals surface area contributed by atoms with Crippen molar-refractivity contribution in [1.29, 1.82) is 0 Å². The van der Waals surface area contributed by atoms with Crippen molar-refractivity contribution in [3.8, 4) is 0 Å². The van der Waals surface area contributed by atoms with E-state index in [-0.39, 0.29) is 11.9 Å². The Morgan fingerprint density at radius 2 is 2.05 bits per heavy atom. The first kappa shape index (κ1) is 15.8. The number of nitrogens with zero attached hydrogens (tertiary/aromatic N) is 1. The van der Waals surface area contributed by atoms with Crippen molar-refractivity contribution < 1.29 is 4.79 Å². The summed E-state index contributed by atoms with van der Waals surface area (Å²) in [6.45, 7) is 3.84. The summed E-state index contributed by atoms with van der Waals surface area (Å²) in [6, 6.07) is 8.08. The smallest absolute Gasteiger partial charge is 0.251 e. The Bertz CT molecular complexity index is 458. The Morgan fingerprint density at radius 3 is 2.67 bits per heavy atom. The number of nitrogens with two attached hydrogens (primary N) is 1. The molecular formula is C17H27N3O. The highest BCUT2D eigenvalue weighted by Crippen LogP contribution is 2.25. The molecule has 1 aromatic carbocycles. The van der Waals surface area contributed by atoms with Crippen molar-refractivity contribution in [3.63, 3.8) is 0 Å². The number of amides is 1. The maximum atomic E-state index is 12.3. The van der Waals surface area contributed by atoms with Crippen molar-refractivity contribution in [2.45, 2.75) is 38.6 Å². The summed E-state index contributed by atoms with van der Waals surface area (Å²) >= 11 is 0. The van der Waals surface area contributed by atoms with Gasteiger partial charge in [-0.3, -0.25) is 4.79 Å². The molecule has 21 heavy (non-hydrogen) atoms. The molecule has 4 nitrogen and oxygen atoms in total. The van der Waals surface area contributed by atoms with E-state index in [0.717, 1.165) is 43.5 Å². The Morgan fingerprint density at radius 1 is 1.33 bits per heavy atom. The lowest BCUT2D eigenvalue weighted by atomic mass is 10.0. The van der Waals surface area contributed by atoms with Crippen LogP contribution in [0.5, 0.6) is 0 Å². The van der Waals surface area contributed by atoms with Gasteiger partial charge in [0.15, 0.2) is 0 Å². The number of benzene rings is 1. The summed E-state index contributed by atoms with van der Waals surface area (Å²) < 4.78 is 0. The molecule has 0 radical (unpaired) electrons. The molecule has 2 unspecified atom stereocenters. The average molecular weight is 289 g/mol. The van der Waals surface area contributed by atoms with Crippen LogP contribution in [-0.4, -0.2) is 32.1 Å². The molecule has 1 fully saturated rings. The number of hydrogen-bond acceptors (Lipinski definition) is 3. The van der Waals surface area contributed by atoms with Crippen molar-refractivity contribution in [2.24, 2.45) is 11.7 Å². The third-order valence-corrected chi connectivity index (χ3v) is 4.41. The van der Waals surface area contributed by atoms with Crippen molar-refractivity contribution in [1.82, 2.24) is 5.32 Å². The minimum atomic E-state index is 0.0186. The van der Waals surface area contributed by atoms with E-state index in [9.17, 15) is 4.79 Å². The monoisotopic (exact) mass is 289 g/mol. The number of carbonyl (C=O) groups excluding carboxylic acids is 1. The molecule has 1 aromatic rings. The normalized spacial score (nSPS) is 21.3. The van der Waals surface area contributed by atoms with Gasteiger partial charge in [0.05, 0.1) is 0 Å². The third-order valence-electron chi connectivity index (χ3n) is 4.41. The van der Waals surface area contributed by atoms with Crippen LogP contribution in [0.3, 0.4) is 0 Å². The van der Waals surface area contributed by atoms with E-state index in [2.05, 4.69) is 24.2 Å². The zero-order valence-electron chi connectivity index (χ0n) is 13.1. The molecule has 4 heteroatoms. The Kier molecular flexibility index (Phi) is 5.62. The molecule has 0 bridgehead atoms. The number of nitrogens with one attached hydrogen (secondary N) is 1. The fourth-order valence-corrected chi connectivity index (χ4v) is 3.09. The van der Waals surface area contributed by atoms with Crippen LogP contribution in [0.25, 0.3) is 0 Å². The van der Waals surface area contributed by atoms with Crippen molar-refractivity contribution >= 4 is 11.6 Å². The van der Waals surface area contributed by atoms with Gasteiger partial charge in [0.1, 0.15) is 0 Å².